The number of piperazine rings is 1. The zero-order valence-electron chi connectivity index (χ0n) is 17.4. The minimum atomic E-state index is -3.78. The van der Waals surface area contributed by atoms with Gasteiger partial charge in [0.05, 0.1) is 13.2 Å². The number of hydrogen-bond donors (Lipinski definition) is 1. The van der Waals surface area contributed by atoms with Crippen LogP contribution in [0.1, 0.15) is 37.0 Å². The highest BCUT2D eigenvalue weighted by Gasteiger charge is 2.27. The summed E-state index contributed by atoms with van der Waals surface area (Å²) in [6.07, 6.45) is 2.53. The number of benzene rings is 1. The molecule has 1 amide bonds. The molecule has 29 heavy (non-hydrogen) atoms. The molecular weight excluding hydrogens is 394 g/mol. The molecule has 2 fully saturated rings. The van der Waals surface area contributed by atoms with Crippen molar-refractivity contribution in [1.82, 2.24) is 14.5 Å². The van der Waals surface area contributed by atoms with Gasteiger partial charge < -0.3 is 14.4 Å². The molecule has 1 aromatic rings. The number of methoxy groups -OCH3 is 1. The van der Waals surface area contributed by atoms with Gasteiger partial charge in [-0.05, 0) is 44.9 Å². The van der Waals surface area contributed by atoms with Crippen LogP contribution in [0, 0.1) is 0 Å². The number of nitrogens with zero attached hydrogens (tertiary/aromatic N) is 2. The number of sulfonamides is 1. The molecule has 0 bridgehead atoms. The first-order chi connectivity index (χ1) is 13.8. The molecule has 0 aromatic heterocycles. The fraction of sp³-hybridized carbons (Fsp3) is 0.650. The van der Waals surface area contributed by atoms with Gasteiger partial charge in [0.15, 0.2) is 0 Å². The molecule has 1 unspecified atom stereocenters. The summed E-state index contributed by atoms with van der Waals surface area (Å²) in [4.78, 5) is 17.1. The summed E-state index contributed by atoms with van der Waals surface area (Å²) in [5.74, 6) is 0.0569. The molecule has 2 saturated heterocycles. The van der Waals surface area contributed by atoms with E-state index < -0.39 is 10.0 Å². The predicted octanol–water partition coefficient (Wildman–Crippen LogP) is 1.32. The van der Waals surface area contributed by atoms with E-state index in [9.17, 15) is 13.2 Å². The number of amides is 1. The van der Waals surface area contributed by atoms with Crippen molar-refractivity contribution < 1.29 is 22.7 Å². The second kappa shape index (κ2) is 9.42. The highest BCUT2D eigenvalue weighted by Crippen LogP contribution is 2.26. The van der Waals surface area contributed by atoms with Crippen molar-refractivity contribution in [3.05, 3.63) is 23.8 Å². The van der Waals surface area contributed by atoms with Gasteiger partial charge in [0.1, 0.15) is 10.6 Å². The number of carbonyl (C=O) groups excluding carboxylic acids is 1. The fourth-order valence-corrected chi connectivity index (χ4v) is 5.23. The zero-order chi connectivity index (χ0) is 21.0. The molecule has 1 atom stereocenters. The predicted molar refractivity (Wildman–Crippen MR) is 110 cm³/mol. The number of hydrogen-bond acceptors (Lipinski definition) is 6. The van der Waals surface area contributed by atoms with Crippen LogP contribution in [0.5, 0.6) is 5.75 Å². The molecule has 0 spiro atoms. The Kier molecular flexibility index (Phi) is 7.15. The summed E-state index contributed by atoms with van der Waals surface area (Å²) >= 11 is 0. The van der Waals surface area contributed by atoms with E-state index in [1.54, 1.807) is 24.8 Å². The average Bonchev–Trinajstić information content (AvgIpc) is 3.19. The quantitative estimate of drug-likeness (QED) is 0.709. The third kappa shape index (κ3) is 5.48. The number of ether oxygens (including phenoxy) is 2. The maximum absolute atomic E-state index is 13.0. The molecular formula is C20H31N3O5S. The first kappa shape index (κ1) is 22.0. The summed E-state index contributed by atoms with van der Waals surface area (Å²) < 4.78 is 38.7. The minimum Gasteiger partial charge on any atom is -0.495 e. The average molecular weight is 426 g/mol. The van der Waals surface area contributed by atoms with Crippen LogP contribution in [0.3, 0.4) is 0 Å². The Morgan fingerprint density at radius 1 is 1.28 bits per heavy atom. The molecule has 8 nitrogen and oxygen atoms in total. The lowest BCUT2D eigenvalue weighted by atomic mass is 10.1. The van der Waals surface area contributed by atoms with E-state index in [4.69, 9.17) is 9.47 Å². The van der Waals surface area contributed by atoms with E-state index in [0.29, 0.717) is 24.8 Å². The smallest absolute Gasteiger partial charge is 0.253 e. The van der Waals surface area contributed by atoms with Gasteiger partial charge in [-0.15, -0.1) is 0 Å². The summed E-state index contributed by atoms with van der Waals surface area (Å²) in [6, 6.07) is 4.30. The van der Waals surface area contributed by atoms with Crippen molar-refractivity contribution in [3.8, 4) is 5.75 Å². The second-order valence-corrected chi connectivity index (χ2v) is 9.55. The molecule has 0 aliphatic carbocycles. The van der Waals surface area contributed by atoms with Crippen LogP contribution in [0.25, 0.3) is 0 Å². The molecule has 2 aliphatic rings. The van der Waals surface area contributed by atoms with E-state index in [1.807, 2.05) is 0 Å². The summed E-state index contributed by atoms with van der Waals surface area (Å²) in [5, 5.41) is 0. The van der Waals surface area contributed by atoms with Gasteiger partial charge in [0, 0.05) is 50.9 Å². The van der Waals surface area contributed by atoms with Gasteiger partial charge in [-0.1, -0.05) is 0 Å². The number of nitrogens with one attached hydrogen (secondary N) is 1. The Morgan fingerprint density at radius 2 is 2.00 bits per heavy atom. The van der Waals surface area contributed by atoms with Crippen LogP contribution < -0.4 is 9.46 Å². The Balaban J connectivity index is 1.68. The van der Waals surface area contributed by atoms with Gasteiger partial charge in [-0.25, -0.2) is 13.1 Å². The summed E-state index contributed by atoms with van der Waals surface area (Å²) in [6.45, 7) is 8.06. The summed E-state index contributed by atoms with van der Waals surface area (Å²) in [5.41, 5.74) is 0.350. The molecule has 162 valence electrons. The van der Waals surface area contributed by atoms with Crippen molar-refractivity contribution in [2.24, 2.45) is 0 Å². The van der Waals surface area contributed by atoms with E-state index >= 15 is 0 Å². The minimum absolute atomic E-state index is 0.0171. The maximum atomic E-state index is 13.0. The van der Waals surface area contributed by atoms with E-state index in [0.717, 1.165) is 39.1 Å². The largest absolute Gasteiger partial charge is 0.495 e. The standard InChI is InChI=1S/C20H31N3O5S/c1-15(2)21-29(25,26)19-13-16(6-7-18(19)27-3)20(24)23-10-8-22(9-11-23)14-17-5-4-12-28-17/h6-7,13,15,17,21H,4-5,8-12,14H2,1-3H3. The molecule has 2 aliphatic heterocycles. The van der Waals surface area contributed by atoms with Crippen LogP contribution >= 0.6 is 0 Å². The molecule has 1 N–H and O–H groups in total. The van der Waals surface area contributed by atoms with Crippen molar-refractivity contribution in [1.29, 1.82) is 0 Å². The van der Waals surface area contributed by atoms with Gasteiger partial charge in [-0.3, -0.25) is 9.69 Å². The van der Waals surface area contributed by atoms with Crippen LogP contribution in [-0.4, -0.2) is 82.7 Å². The number of rotatable bonds is 7. The monoisotopic (exact) mass is 425 g/mol. The van der Waals surface area contributed by atoms with Crippen LogP contribution in [-0.2, 0) is 14.8 Å². The van der Waals surface area contributed by atoms with Crippen LogP contribution in [0.15, 0.2) is 23.1 Å². The van der Waals surface area contributed by atoms with Crippen LogP contribution in [0.4, 0.5) is 0 Å². The van der Waals surface area contributed by atoms with Gasteiger partial charge in [0.25, 0.3) is 5.91 Å². The summed E-state index contributed by atoms with van der Waals surface area (Å²) in [7, 11) is -2.36. The number of carbonyl (C=O) groups is 1. The molecule has 0 radical (unpaired) electrons. The van der Waals surface area contributed by atoms with Gasteiger partial charge in [-0.2, -0.15) is 0 Å². The molecule has 2 heterocycles. The van der Waals surface area contributed by atoms with E-state index in [2.05, 4.69) is 9.62 Å². The lowest BCUT2D eigenvalue weighted by Crippen LogP contribution is -2.50. The van der Waals surface area contributed by atoms with Crippen molar-refractivity contribution in [2.75, 3.05) is 46.4 Å². The van der Waals surface area contributed by atoms with Crippen molar-refractivity contribution in [2.45, 2.75) is 43.7 Å². The molecule has 9 heteroatoms. The topological polar surface area (TPSA) is 88.2 Å². The highest BCUT2D eigenvalue weighted by atomic mass is 32.2. The Bertz CT molecular complexity index is 813. The Hall–Kier alpha value is -1.68. The Morgan fingerprint density at radius 3 is 2.59 bits per heavy atom. The lowest BCUT2D eigenvalue weighted by Gasteiger charge is -2.35. The van der Waals surface area contributed by atoms with E-state index in [1.165, 1.54) is 19.2 Å². The van der Waals surface area contributed by atoms with E-state index in [-0.39, 0.29) is 22.6 Å². The SMILES string of the molecule is COc1ccc(C(=O)N2CCN(CC3CCCO3)CC2)cc1S(=O)(=O)NC(C)C. The fourth-order valence-electron chi connectivity index (χ4n) is 3.79. The first-order valence-electron chi connectivity index (χ1n) is 10.1. The highest BCUT2D eigenvalue weighted by molar-refractivity contribution is 7.89. The third-order valence-corrected chi connectivity index (χ3v) is 6.92. The Labute approximate surface area is 173 Å². The normalized spacial score (nSPS) is 21.0. The van der Waals surface area contributed by atoms with Gasteiger partial charge in [0.2, 0.25) is 10.0 Å². The maximum Gasteiger partial charge on any atom is 0.253 e. The zero-order valence-corrected chi connectivity index (χ0v) is 18.2. The second-order valence-electron chi connectivity index (χ2n) is 7.87. The van der Waals surface area contributed by atoms with Gasteiger partial charge >= 0.3 is 0 Å². The van der Waals surface area contributed by atoms with Crippen LogP contribution in [0.2, 0.25) is 0 Å². The lowest BCUT2D eigenvalue weighted by molar-refractivity contribution is 0.0432. The first-order valence-corrected chi connectivity index (χ1v) is 11.6. The van der Waals surface area contributed by atoms with Crippen molar-refractivity contribution in [3.63, 3.8) is 0 Å². The molecule has 0 saturated carbocycles. The molecule has 1 aromatic carbocycles. The van der Waals surface area contributed by atoms with Crippen molar-refractivity contribution >= 4 is 15.9 Å². The third-order valence-electron chi connectivity index (χ3n) is 5.24. The molecule has 3 rings (SSSR count).